The van der Waals surface area contributed by atoms with E-state index in [1.807, 2.05) is 0 Å². The molecule has 11 nitrogen and oxygen atoms in total. The number of benzene rings is 1. The Morgan fingerprint density at radius 3 is 2.66 bits per heavy atom. The number of hydrazine groups is 1. The number of phenolic OH excluding ortho intramolecular Hbond substituents is 2. The van der Waals surface area contributed by atoms with Gasteiger partial charge in [0.05, 0.1) is 23.1 Å². The zero-order valence-electron chi connectivity index (χ0n) is 15.2. The van der Waals surface area contributed by atoms with Gasteiger partial charge in [0.15, 0.2) is 17.3 Å². The Kier molecular flexibility index (Phi) is 5.57. The monoisotopic (exact) mass is 425 g/mol. The summed E-state index contributed by atoms with van der Waals surface area (Å²) in [5, 5.41) is 27.9. The van der Waals surface area contributed by atoms with Crippen molar-refractivity contribution in [3.8, 4) is 11.5 Å². The Hall–Kier alpha value is -2.99. The Labute approximate surface area is 169 Å². The van der Waals surface area contributed by atoms with Crippen LogP contribution in [0.25, 0.3) is 0 Å². The van der Waals surface area contributed by atoms with Crippen molar-refractivity contribution in [3.63, 3.8) is 0 Å². The maximum Gasteiger partial charge on any atom is 0.421 e. The lowest BCUT2D eigenvalue weighted by atomic mass is 9.97. The van der Waals surface area contributed by atoms with Crippen molar-refractivity contribution in [3.05, 3.63) is 23.8 Å². The third kappa shape index (κ3) is 4.07. The van der Waals surface area contributed by atoms with Crippen LogP contribution in [-0.2, 0) is 14.3 Å². The third-order valence-electron chi connectivity index (χ3n) is 4.67. The lowest BCUT2D eigenvalue weighted by Gasteiger charge is -2.36. The van der Waals surface area contributed by atoms with Crippen molar-refractivity contribution in [2.75, 3.05) is 13.2 Å². The van der Waals surface area contributed by atoms with Crippen LogP contribution in [0.15, 0.2) is 18.2 Å². The van der Waals surface area contributed by atoms with Gasteiger partial charge in [0.25, 0.3) is 0 Å². The molecule has 1 aromatic carbocycles. The van der Waals surface area contributed by atoms with Crippen LogP contribution < -0.4 is 10.9 Å². The molecule has 0 saturated carbocycles. The number of amides is 2. The van der Waals surface area contributed by atoms with Crippen LogP contribution in [0.4, 0.5) is 4.79 Å². The van der Waals surface area contributed by atoms with Gasteiger partial charge in [-0.15, -0.1) is 11.8 Å². The molecule has 12 heteroatoms. The topological polar surface area (TPSA) is 166 Å². The van der Waals surface area contributed by atoms with Gasteiger partial charge in [-0.05, 0) is 25.1 Å². The summed E-state index contributed by atoms with van der Waals surface area (Å²) in [7, 11) is 0. The average Bonchev–Trinajstić information content (AvgIpc) is 2.90. The summed E-state index contributed by atoms with van der Waals surface area (Å²) < 4.78 is 4.07. The number of nitrogens with one attached hydrogen (secondary N) is 2. The van der Waals surface area contributed by atoms with E-state index in [0.717, 1.165) is 12.1 Å². The summed E-state index contributed by atoms with van der Waals surface area (Å²) in [5.74, 6) is -2.68. The second-order valence-electron chi connectivity index (χ2n) is 6.81. The maximum absolute atomic E-state index is 12.0. The predicted octanol–water partition coefficient (Wildman–Crippen LogP) is 0.0284. The van der Waals surface area contributed by atoms with Crippen molar-refractivity contribution in [2.24, 2.45) is 0 Å². The Balaban J connectivity index is 1.47. The summed E-state index contributed by atoms with van der Waals surface area (Å²) in [6, 6.07) is 2.47. The molecule has 1 aromatic rings. The number of rotatable bonds is 7. The first-order valence-electron chi connectivity index (χ1n) is 8.55. The number of β-lactam (4-membered cyclic amide) rings is 1. The first-order valence-corrected chi connectivity index (χ1v) is 9.43. The van der Waals surface area contributed by atoms with E-state index in [-0.39, 0.29) is 42.2 Å². The molecule has 3 atom stereocenters. The summed E-state index contributed by atoms with van der Waals surface area (Å²) in [6.45, 7) is 1.05. The molecule has 2 amide bonds. The maximum atomic E-state index is 12.0. The molecule has 0 aromatic heterocycles. The molecule has 3 rings (SSSR count). The minimum Gasteiger partial charge on any atom is -0.504 e. The van der Waals surface area contributed by atoms with Gasteiger partial charge in [0.1, 0.15) is 12.6 Å². The summed E-state index contributed by atoms with van der Waals surface area (Å²) in [4.78, 5) is 48.4. The molecule has 2 aliphatic heterocycles. The molecule has 2 heterocycles. The number of ether oxygens (including phenoxy) is 1. The van der Waals surface area contributed by atoms with Crippen LogP contribution in [0.2, 0.25) is 0 Å². The number of hydrogen-bond acceptors (Lipinski definition) is 9. The third-order valence-corrected chi connectivity index (χ3v) is 6.22. The van der Waals surface area contributed by atoms with Gasteiger partial charge in [-0.2, -0.15) is 0 Å². The molecule has 0 aliphatic carbocycles. The number of fused-ring (bicyclic) bond motifs is 1. The molecular formula is C17H19N3O8S. The summed E-state index contributed by atoms with van der Waals surface area (Å²) in [5.41, 5.74) is 4.65. The molecule has 0 radical (unpaired) electrons. The van der Waals surface area contributed by atoms with Crippen LogP contribution in [0.5, 0.6) is 11.5 Å². The number of thioether (sulfide) groups is 1. The van der Waals surface area contributed by atoms with E-state index in [1.165, 1.54) is 22.7 Å². The number of carboxylic acids is 1. The van der Waals surface area contributed by atoms with E-state index in [0.29, 0.717) is 0 Å². The Morgan fingerprint density at radius 2 is 2.03 bits per heavy atom. The second-order valence-corrected chi connectivity index (χ2v) is 8.52. The van der Waals surface area contributed by atoms with Crippen molar-refractivity contribution < 1.29 is 39.2 Å². The quantitative estimate of drug-likeness (QED) is 0.174. The Morgan fingerprint density at radius 1 is 1.31 bits per heavy atom. The first-order chi connectivity index (χ1) is 13.6. The number of carbonyl (C=O) groups is 4. The van der Waals surface area contributed by atoms with Gasteiger partial charge < -0.3 is 25.0 Å². The van der Waals surface area contributed by atoms with Crippen LogP contribution >= 0.6 is 11.8 Å². The average molecular weight is 425 g/mol. The highest BCUT2D eigenvalue weighted by Gasteiger charge is 2.61. The minimum atomic E-state index is -1.17. The van der Waals surface area contributed by atoms with Crippen LogP contribution in [0, 0.1) is 0 Å². The predicted molar refractivity (Wildman–Crippen MR) is 99.3 cm³/mol. The molecule has 156 valence electrons. The highest BCUT2D eigenvalue weighted by Crippen LogP contribution is 2.51. The number of hydrogen-bond donors (Lipinski definition) is 5. The molecule has 0 spiro atoms. The fourth-order valence-electron chi connectivity index (χ4n) is 3.21. The number of aliphatic carboxylic acids is 1. The normalized spacial score (nSPS) is 25.1. The van der Waals surface area contributed by atoms with Crippen LogP contribution in [0.1, 0.15) is 23.7 Å². The van der Waals surface area contributed by atoms with Crippen LogP contribution in [-0.4, -0.2) is 73.3 Å². The molecule has 0 unspecified atom stereocenters. The molecule has 2 saturated heterocycles. The summed E-state index contributed by atoms with van der Waals surface area (Å²) >= 11 is 1.27. The number of ketones is 1. The minimum absolute atomic E-state index is 0.122. The van der Waals surface area contributed by atoms with Gasteiger partial charge in [-0.3, -0.25) is 15.0 Å². The van der Waals surface area contributed by atoms with E-state index in [4.69, 9.17) is 4.74 Å². The number of nitrogens with zero attached hydrogens (tertiary/aromatic N) is 1. The molecule has 29 heavy (non-hydrogen) atoms. The van der Waals surface area contributed by atoms with E-state index in [2.05, 4.69) is 10.9 Å². The van der Waals surface area contributed by atoms with Gasteiger partial charge in [0, 0.05) is 5.56 Å². The highest BCUT2D eigenvalue weighted by atomic mass is 32.2. The zero-order chi connectivity index (χ0) is 21.3. The van der Waals surface area contributed by atoms with Gasteiger partial charge in [-0.1, -0.05) is 0 Å². The largest absolute Gasteiger partial charge is 0.504 e. The fraction of sp³-hybridized carbons (Fsp3) is 0.412. The standard InChI is InChI=1S/C17H19N3O8S/c1-17(14(15(25)26)20-12(24)5-13(20)29-17)7-28-16(27)19-18-6-11(23)8-2-3-9(21)10(22)4-8/h2-4,13-14,18,21-22H,5-7H2,1H3,(H,19,27)(H,25,26)/t13-,14+,17+/m1/s1. The first kappa shape index (κ1) is 20.7. The van der Waals surface area contributed by atoms with Crippen molar-refractivity contribution >= 4 is 35.5 Å². The van der Waals surface area contributed by atoms with E-state index in [9.17, 15) is 34.5 Å². The smallest absolute Gasteiger partial charge is 0.421 e. The number of carbonyl (C=O) groups excluding carboxylic acids is 3. The number of Topliss-reactive ketones (excluding diaryl/α,β-unsaturated/α-hetero) is 1. The van der Waals surface area contributed by atoms with E-state index < -0.39 is 34.4 Å². The zero-order valence-corrected chi connectivity index (χ0v) is 16.1. The SMILES string of the molecule is C[C@@]1(COC(=O)NNCC(=O)c2ccc(O)c(O)c2)S[C@@H]2CC(=O)N2[C@H]1C(=O)O. The highest BCUT2D eigenvalue weighted by molar-refractivity contribution is 8.01. The number of aromatic hydroxyl groups is 2. The lowest BCUT2D eigenvalue weighted by Crippen LogP contribution is -2.58. The number of carboxylic acid groups (broad SMARTS) is 1. The summed E-state index contributed by atoms with van der Waals surface area (Å²) in [6.07, 6.45) is -0.662. The molecule has 2 fully saturated rings. The van der Waals surface area contributed by atoms with Crippen molar-refractivity contribution in [1.29, 1.82) is 0 Å². The van der Waals surface area contributed by atoms with E-state index in [1.54, 1.807) is 6.92 Å². The second kappa shape index (κ2) is 7.79. The molecular weight excluding hydrogens is 406 g/mol. The van der Waals surface area contributed by atoms with Crippen molar-refractivity contribution in [2.45, 2.75) is 29.5 Å². The molecule has 0 bridgehead atoms. The van der Waals surface area contributed by atoms with Crippen LogP contribution in [0.3, 0.4) is 0 Å². The van der Waals surface area contributed by atoms with Gasteiger partial charge >= 0.3 is 12.1 Å². The van der Waals surface area contributed by atoms with E-state index >= 15 is 0 Å². The fourth-order valence-corrected chi connectivity index (χ4v) is 4.88. The van der Waals surface area contributed by atoms with Gasteiger partial charge in [0.2, 0.25) is 5.91 Å². The molecule has 5 N–H and O–H groups in total. The lowest BCUT2D eigenvalue weighted by molar-refractivity contribution is -0.157. The van der Waals surface area contributed by atoms with Crippen molar-refractivity contribution in [1.82, 2.24) is 15.8 Å². The molecule has 2 aliphatic rings. The van der Waals surface area contributed by atoms with Gasteiger partial charge in [-0.25, -0.2) is 15.0 Å². The number of phenols is 2. The Bertz CT molecular complexity index is 878.